The van der Waals surface area contributed by atoms with Crippen LogP contribution in [0.4, 0.5) is 0 Å². The molecule has 1 aliphatic heterocycles. The van der Waals surface area contributed by atoms with Gasteiger partial charge in [-0.15, -0.1) is 0 Å². The molecule has 0 amide bonds. The van der Waals surface area contributed by atoms with Crippen LogP contribution < -0.4 is 0 Å². The van der Waals surface area contributed by atoms with Gasteiger partial charge in [-0.05, 0) is 48.5 Å². The summed E-state index contributed by atoms with van der Waals surface area (Å²) in [5.41, 5.74) is -1.68. The largest absolute Gasteiger partial charge is 0.458 e. The Morgan fingerprint density at radius 3 is 1.54 bits per heavy atom. The molecule has 12 nitrogen and oxygen atoms in total. The summed E-state index contributed by atoms with van der Waals surface area (Å²) >= 11 is 0. The fourth-order valence-corrected chi connectivity index (χ4v) is 4.67. The maximum absolute atomic E-state index is 13.7. The van der Waals surface area contributed by atoms with Crippen LogP contribution in [0.1, 0.15) is 69.2 Å². The van der Waals surface area contributed by atoms with Crippen molar-refractivity contribution in [1.82, 2.24) is 0 Å². The number of carbonyl (C=O) groups excluding carboxylic acids is 4. The number of carbonyl (C=O) groups is 4. The lowest BCUT2D eigenvalue weighted by Crippen LogP contribution is -2.57. The zero-order valence-corrected chi connectivity index (χ0v) is 24.2. The van der Waals surface area contributed by atoms with Crippen LogP contribution >= 0.6 is 7.60 Å². The summed E-state index contributed by atoms with van der Waals surface area (Å²) < 4.78 is 51.4. The molecule has 1 saturated heterocycles. The smallest absolute Gasteiger partial charge is 0.339 e. The van der Waals surface area contributed by atoms with Crippen LogP contribution in [0.2, 0.25) is 0 Å². The summed E-state index contributed by atoms with van der Waals surface area (Å²) in [5.74, 6) is -2.86. The van der Waals surface area contributed by atoms with Crippen LogP contribution in [0.15, 0.2) is 0 Å². The summed E-state index contributed by atoms with van der Waals surface area (Å²) in [6, 6.07) is 0. The molecule has 0 spiro atoms. The summed E-state index contributed by atoms with van der Waals surface area (Å²) in [7, 11) is -4.20. The Labute approximate surface area is 218 Å². The average molecular weight is 553 g/mol. The van der Waals surface area contributed by atoms with Crippen molar-refractivity contribution in [3.63, 3.8) is 0 Å². The predicted octanol–water partition coefficient (Wildman–Crippen LogP) is 3.59. The van der Waals surface area contributed by atoms with Gasteiger partial charge in [-0.1, -0.05) is 6.92 Å². The Morgan fingerprint density at radius 2 is 1.16 bits per heavy atom. The van der Waals surface area contributed by atoms with E-state index in [4.69, 9.17) is 32.7 Å². The highest BCUT2D eigenvalue weighted by atomic mass is 31.2. The van der Waals surface area contributed by atoms with E-state index in [1.54, 1.807) is 55.4 Å². The molecule has 0 N–H and O–H groups in total. The third-order valence-electron chi connectivity index (χ3n) is 5.45. The lowest BCUT2D eigenvalue weighted by molar-refractivity contribution is -0.216. The fraction of sp³-hybridized carbons (Fsp3) is 0.833. The highest BCUT2D eigenvalue weighted by Gasteiger charge is 2.49. The van der Waals surface area contributed by atoms with E-state index in [-0.39, 0.29) is 5.92 Å². The minimum absolute atomic E-state index is 0.369. The Morgan fingerprint density at radius 1 is 0.757 bits per heavy atom. The summed E-state index contributed by atoms with van der Waals surface area (Å²) in [4.78, 5) is 47.9. The van der Waals surface area contributed by atoms with E-state index in [2.05, 4.69) is 0 Å². The van der Waals surface area contributed by atoms with Crippen LogP contribution in [0.25, 0.3) is 0 Å². The van der Waals surface area contributed by atoms with Crippen molar-refractivity contribution in [3.05, 3.63) is 0 Å². The van der Waals surface area contributed by atoms with Crippen molar-refractivity contribution in [2.75, 3.05) is 19.7 Å². The number of hydrogen-bond acceptors (Lipinski definition) is 12. The molecule has 37 heavy (non-hydrogen) atoms. The molecule has 0 aliphatic carbocycles. The van der Waals surface area contributed by atoms with E-state index in [9.17, 15) is 23.7 Å². The summed E-state index contributed by atoms with van der Waals surface area (Å²) in [5, 5.41) is 0. The molecule has 214 valence electrons. The zero-order chi connectivity index (χ0) is 28.8. The zero-order valence-electron chi connectivity index (χ0n) is 23.4. The van der Waals surface area contributed by atoms with Gasteiger partial charge < -0.3 is 23.7 Å². The Kier molecular flexibility index (Phi) is 11.8. The molecule has 0 radical (unpaired) electrons. The van der Waals surface area contributed by atoms with Crippen molar-refractivity contribution >= 4 is 31.5 Å². The standard InChI is InChI=1S/C24H41O12P/c1-14-15(2)34-18(20(36-17(4)26)19(14)35-16(3)25)11-37(29,32-12-30-21(27)23(5,6)7)33-13-31-22(28)24(8,9)10/h14-15,18-20H,11-13H2,1-10H3/t14-,15+,18-,19?,20-/m1/s1. The van der Waals surface area contributed by atoms with E-state index in [0.717, 1.165) is 0 Å². The number of esters is 4. The molecule has 0 aromatic carbocycles. The summed E-state index contributed by atoms with van der Waals surface area (Å²) in [6.45, 7) is 14.2. The Balaban J connectivity index is 3.19. The molecule has 1 heterocycles. The topological polar surface area (TPSA) is 150 Å². The Bertz CT molecular complexity index is 836. The first kappa shape index (κ1) is 33.0. The van der Waals surface area contributed by atoms with Gasteiger partial charge in [0.05, 0.1) is 23.1 Å². The van der Waals surface area contributed by atoms with E-state index in [0.29, 0.717) is 0 Å². The molecule has 5 atom stereocenters. The molecule has 0 aromatic rings. The first-order valence-corrected chi connectivity index (χ1v) is 13.7. The highest BCUT2D eigenvalue weighted by molar-refractivity contribution is 7.53. The van der Waals surface area contributed by atoms with Gasteiger partial charge in [-0.25, -0.2) is 0 Å². The SMILES string of the molecule is CC(=O)OC1[C@H](C)[C@H](C)O[C@H](CP(=O)(OCOC(=O)C(C)(C)C)OCOC(=O)C(C)(C)C)[C@H]1OC(C)=O. The second-order valence-corrected chi connectivity index (χ2v) is 13.1. The van der Waals surface area contributed by atoms with Crippen molar-refractivity contribution in [2.45, 2.75) is 93.7 Å². The van der Waals surface area contributed by atoms with Gasteiger partial charge in [0.15, 0.2) is 6.10 Å². The van der Waals surface area contributed by atoms with Crippen molar-refractivity contribution in [1.29, 1.82) is 0 Å². The van der Waals surface area contributed by atoms with Gasteiger partial charge in [0, 0.05) is 19.8 Å². The molecule has 1 rings (SSSR count). The van der Waals surface area contributed by atoms with Gasteiger partial charge in [-0.2, -0.15) is 0 Å². The molecule has 1 fully saturated rings. The lowest BCUT2D eigenvalue weighted by atomic mass is 9.89. The number of ether oxygens (including phenoxy) is 5. The maximum atomic E-state index is 13.7. The van der Waals surface area contributed by atoms with Crippen LogP contribution in [-0.2, 0) is 56.5 Å². The molecule has 1 unspecified atom stereocenters. The van der Waals surface area contributed by atoms with E-state index in [1.165, 1.54) is 13.8 Å². The minimum Gasteiger partial charge on any atom is -0.458 e. The Hall–Kier alpha value is -2.01. The molecular weight excluding hydrogens is 511 g/mol. The number of hydrogen-bond donors (Lipinski definition) is 0. The van der Waals surface area contributed by atoms with Gasteiger partial charge >= 0.3 is 31.5 Å². The van der Waals surface area contributed by atoms with Gasteiger partial charge in [0.25, 0.3) is 0 Å². The van der Waals surface area contributed by atoms with E-state index >= 15 is 0 Å². The second kappa shape index (κ2) is 13.2. The fourth-order valence-electron chi connectivity index (χ4n) is 3.22. The quantitative estimate of drug-likeness (QED) is 0.169. The van der Waals surface area contributed by atoms with Crippen LogP contribution in [0.3, 0.4) is 0 Å². The highest BCUT2D eigenvalue weighted by Crippen LogP contribution is 2.51. The third kappa shape index (κ3) is 10.7. The average Bonchev–Trinajstić information content (AvgIpc) is 2.72. The molecule has 1 aliphatic rings. The normalized spacial score (nSPS) is 24.6. The van der Waals surface area contributed by atoms with Crippen molar-refractivity contribution in [3.8, 4) is 0 Å². The van der Waals surface area contributed by atoms with E-state index in [1.807, 2.05) is 0 Å². The second-order valence-electron chi connectivity index (χ2n) is 11.0. The van der Waals surface area contributed by atoms with Gasteiger partial charge in [0.1, 0.15) is 12.2 Å². The van der Waals surface area contributed by atoms with Crippen LogP contribution in [0.5, 0.6) is 0 Å². The molecular formula is C24H41O12P. The molecule has 13 heteroatoms. The molecule has 0 aromatic heterocycles. The van der Waals surface area contributed by atoms with Gasteiger partial charge in [0.2, 0.25) is 13.6 Å². The van der Waals surface area contributed by atoms with Crippen molar-refractivity contribution in [2.24, 2.45) is 16.7 Å². The predicted molar refractivity (Wildman–Crippen MR) is 130 cm³/mol. The number of rotatable bonds is 10. The minimum atomic E-state index is -4.20. The van der Waals surface area contributed by atoms with Gasteiger partial charge in [-0.3, -0.25) is 32.8 Å². The first-order valence-electron chi connectivity index (χ1n) is 12.0. The molecule has 0 saturated carbocycles. The first-order chi connectivity index (χ1) is 16.8. The lowest BCUT2D eigenvalue weighted by Gasteiger charge is -2.44. The maximum Gasteiger partial charge on any atom is 0.339 e. The molecule has 0 bridgehead atoms. The van der Waals surface area contributed by atoms with Crippen molar-refractivity contribution < 1.29 is 56.5 Å². The summed E-state index contributed by atoms with van der Waals surface area (Å²) in [6.07, 6.45) is -4.11. The van der Waals surface area contributed by atoms with Crippen LogP contribution in [-0.4, -0.2) is 68.0 Å². The van der Waals surface area contributed by atoms with Crippen LogP contribution in [0, 0.1) is 16.7 Å². The van der Waals surface area contributed by atoms with E-state index < -0.39 is 86.5 Å². The monoisotopic (exact) mass is 552 g/mol. The third-order valence-corrected chi connectivity index (χ3v) is 7.25.